The first-order valence-corrected chi connectivity index (χ1v) is 9.57. The molecule has 0 aromatic heterocycles. The van der Waals surface area contributed by atoms with Crippen molar-refractivity contribution in [3.63, 3.8) is 0 Å². The van der Waals surface area contributed by atoms with Gasteiger partial charge in [-0.3, -0.25) is 9.89 Å². The normalized spacial score (nSPS) is 21.8. The summed E-state index contributed by atoms with van der Waals surface area (Å²) in [5, 5.41) is 6.57. The smallest absolute Gasteiger partial charge is 0.355 e. The van der Waals surface area contributed by atoms with Gasteiger partial charge in [-0.05, 0) is 45.2 Å². The van der Waals surface area contributed by atoms with E-state index in [1.54, 1.807) is 7.05 Å². The molecule has 0 aliphatic heterocycles. The Morgan fingerprint density at radius 2 is 1.79 bits per heavy atom. The number of benzene rings is 1. The van der Waals surface area contributed by atoms with Gasteiger partial charge in [0.05, 0.1) is 5.92 Å². The molecule has 1 aliphatic carbocycles. The lowest BCUT2D eigenvalue weighted by molar-refractivity contribution is -0.182. The Morgan fingerprint density at radius 3 is 2.32 bits per heavy atom. The molecule has 8 heteroatoms. The van der Waals surface area contributed by atoms with Gasteiger partial charge in [0.15, 0.2) is 5.96 Å². The van der Waals surface area contributed by atoms with E-state index in [9.17, 15) is 13.2 Å². The van der Waals surface area contributed by atoms with Crippen LogP contribution in [0.15, 0.2) is 35.3 Å². The molecule has 2 rings (SSSR count). The number of nitrogens with zero attached hydrogens (tertiary/aromatic N) is 2. The molecule has 28 heavy (non-hydrogen) atoms. The van der Waals surface area contributed by atoms with Gasteiger partial charge in [0, 0.05) is 32.2 Å². The van der Waals surface area contributed by atoms with Crippen molar-refractivity contribution in [1.29, 1.82) is 0 Å². The van der Waals surface area contributed by atoms with Gasteiger partial charge in [0.1, 0.15) is 0 Å². The van der Waals surface area contributed by atoms with Crippen molar-refractivity contribution in [2.24, 2.45) is 10.9 Å². The molecule has 0 spiro atoms. The highest BCUT2D eigenvalue weighted by molar-refractivity contribution is 14.0. The lowest BCUT2D eigenvalue weighted by atomic mass is 9.85. The predicted molar refractivity (Wildman–Crippen MR) is 119 cm³/mol. The van der Waals surface area contributed by atoms with Crippen molar-refractivity contribution in [3.05, 3.63) is 35.9 Å². The molecular formula is C20H32F3IN4. The zero-order valence-electron chi connectivity index (χ0n) is 16.8. The number of halogens is 4. The summed E-state index contributed by atoms with van der Waals surface area (Å²) in [6, 6.07) is 10.6. The monoisotopic (exact) mass is 512 g/mol. The third kappa shape index (κ3) is 8.14. The molecule has 1 unspecified atom stereocenters. The second kappa shape index (κ2) is 11.8. The van der Waals surface area contributed by atoms with E-state index in [4.69, 9.17) is 0 Å². The average Bonchev–Trinajstić information content (AvgIpc) is 2.65. The Balaban J connectivity index is 0.00000392. The Labute approximate surface area is 183 Å². The van der Waals surface area contributed by atoms with Gasteiger partial charge in [0.25, 0.3) is 0 Å². The highest BCUT2D eigenvalue weighted by Crippen LogP contribution is 2.37. The molecule has 4 nitrogen and oxygen atoms in total. The van der Waals surface area contributed by atoms with Crippen LogP contribution in [0.4, 0.5) is 13.2 Å². The highest BCUT2D eigenvalue weighted by atomic mass is 127. The van der Waals surface area contributed by atoms with Gasteiger partial charge < -0.3 is 10.6 Å². The molecule has 1 fully saturated rings. The predicted octanol–water partition coefficient (Wildman–Crippen LogP) is 4.41. The molecule has 2 N–H and O–H groups in total. The van der Waals surface area contributed by atoms with E-state index in [1.807, 2.05) is 18.2 Å². The van der Waals surface area contributed by atoms with Crippen LogP contribution >= 0.6 is 24.0 Å². The number of hydrogen-bond acceptors (Lipinski definition) is 2. The number of nitrogens with one attached hydrogen (secondary N) is 2. The second-order valence-corrected chi connectivity index (χ2v) is 7.44. The fraction of sp³-hybridized carbons (Fsp3) is 0.650. The van der Waals surface area contributed by atoms with E-state index in [1.165, 1.54) is 5.56 Å². The van der Waals surface area contributed by atoms with E-state index in [-0.39, 0.29) is 48.9 Å². The van der Waals surface area contributed by atoms with Crippen LogP contribution in [0.2, 0.25) is 0 Å². The number of rotatable bonds is 6. The number of guanidine groups is 1. The zero-order chi connectivity index (χ0) is 19.9. The Bertz CT molecular complexity index is 587. The summed E-state index contributed by atoms with van der Waals surface area (Å²) in [5.74, 6) is -0.498. The molecule has 1 aliphatic rings. The SMILES string of the molecule is CN=C(NCC(C)N(C)Cc1ccccc1)NC1CCC(C(F)(F)F)CC1.I. The van der Waals surface area contributed by atoms with Crippen LogP contribution in [0.1, 0.15) is 38.2 Å². The summed E-state index contributed by atoms with van der Waals surface area (Å²) in [5.41, 5.74) is 1.26. The second-order valence-electron chi connectivity index (χ2n) is 7.44. The van der Waals surface area contributed by atoms with Crippen molar-refractivity contribution in [3.8, 4) is 0 Å². The van der Waals surface area contributed by atoms with Gasteiger partial charge in [-0.1, -0.05) is 30.3 Å². The van der Waals surface area contributed by atoms with Crippen molar-refractivity contribution >= 4 is 29.9 Å². The van der Waals surface area contributed by atoms with Crippen molar-refractivity contribution in [2.75, 3.05) is 20.6 Å². The molecule has 1 aromatic carbocycles. The molecule has 0 radical (unpaired) electrons. The summed E-state index contributed by atoms with van der Waals surface area (Å²) < 4.78 is 38.3. The van der Waals surface area contributed by atoms with Crippen molar-refractivity contribution in [1.82, 2.24) is 15.5 Å². The maximum absolute atomic E-state index is 12.8. The Kier molecular flexibility index (Phi) is 10.6. The molecular weight excluding hydrogens is 480 g/mol. The van der Waals surface area contributed by atoms with Gasteiger partial charge >= 0.3 is 6.18 Å². The topological polar surface area (TPSA) is 39.7 Å². The van der Waals surface area contributed by atoms with Crippen molar-refractivity contribution < 1.29 is 13.2 Å². The average molecular weight is 512 g/mol. The summed E-state index contributed by atoms with van der Waals surface area (Å²) in [6.45, 7) is 3.70. The summed E-state index contributed by atoms with van der Waals surface area (Å²) in [7, 11) is 3.77. The minimum Gasteiger partial charge on any atom is -0.355 e. The van der Waals surface area contributed by atoms with E-state index >= 15 is 0 Å². The summed E-state index contributed by atoms with van der Waals surface area (Å²) in [4.78, 5) is 6.47. The molecule has 0 amide bonds. The van der Waals surface area contributed by atoms with Crippen molar-refractivity contribution in [2.45, 2.75) is 57.4 Å². The minimum absolute atomic E-state index is 0. The van der Waals surface area contributed by atoms with E-state index in [2.05, 4.69) is 46.6 Å². The molecule has 0 heterocycles. The number of likely N-dealkylation sites (N-methyl/N-ethyl adjacent to an activating group) is 1. The lowest BCUT2D eigenvalue weighted by Crippen LogP contribution is -2.49. The first-order valence-electron chi connectivity index (χ1n) is 9.57. The standard InChI is InChI=1S/C20H31F3N4.HI/c1-15(27(3)14-16-7-5-4-6-8-16)13-25-19(24-2)26-18-11-9-17(10-12-18)20(21,22)23;/h4-8,15,17-18H,9-14H2,1-3H3,(H2,24,25,26);1H. The fourth-order valence-corrected chi connectivity index (χ4v) is 3.38. The quantitative estimate of drug-likeness (QED) is 0.337. The molecule has 160 valence electrons. The van der Waals surface area contributed by atoms with Gasteiger partial charge in [-0.2, -0.15) is 13.2 Å². The largest absolute Gasteiger partial charge is 0.391 e. The third-order valence-corrected chi connectivity index (χ3v) is 5.35. The lowest BCUT2D eigenvalue weighted by Gasteiger charge is -2.31. The van der Waals surface area contributed by atoms with E-state index in [0.717, 1.165) is 6.54 Å². The maximum Gasteiger partial charge on any atom is 0.391 e. The number of aliphatic imine (C=N–C) groups is 1. The van der Waals surface area contributed by atoms with Crippen LogP contribution in [-0.2, 0) is 6.54 Å². The maximum atomic E-state index is 12.8. The van der Waals surface area contributed by atoms with Crippen LogP contribution in [0.3, 0.4) is 0 Å². The first-order chi connectivity index (χ1) is 12.8. The fourth-order valence-electron chi connectivity index (χ4n) is 3.38. The van der Waals surface area contributed by atoms with Crippen LogP contribution in [-0.4, -0.2) is 49.8 Å². The van der Waals surface area contributed by atoms with Crippen LogP contribution in [0.25, 0.3) is 0 Å². The number of alkyl halides is 3. The third-order valence-electron chi connectivity index (χ3n) is 5.35. The Hall–Kier alpha value is -1.03. The minimum atomic E-state index is -4.07. The molecule has 0 bridgehead atoms. The molecule has 1 aromatic rings. The molecule has 1 atom stereocenters. The van der Waals surface area contributed by atoms with Crippen LogP contribution in [0.5, 0.6) is 0 Å². The number of hydrogen-bond donors (Lipinski definition) is 2. The zero-order valence-corrected chi connectivity index (χ0v) is 19.1. The van der Waals surface area contributed by atoms with Crippen LogP contribution < -0.4 is 10.6 Å². The Morgan fingerprint density at radius 1 is 1.18 bits per heavy atom. The molecule has 1 saturated carbocycles. The van der Waals surface area contributed by atoms with E-state index in [0.29, 0.717) is 25.3 Å². The van der Waals surface area contributed by atoms with E-state index < -0.39 is 12.1 Å². The van der Waals surface area contributed by atoms with Gasteiger partial charge in [-0.15, -0.1) is 24.0 Å². The molecule has 0 saturated heterocycles. The summed E-state index contributed by atoms with van der Waals surface area (Å²) in [6.07, 6.45) is -2.64. The van der Waals surface area contributed by atoms with Gasteiger partial charge in [-0.25, -0.2) is 0 Å². The highest BCUT2D eigenvalue weighted by Gasteiger charge is 2.41. The first kappa shape index (κ1) is 25.0. The van der Waals surface area contributed by atoms with Crippen LogP contribution in [0, 0.1) is 5.92 Å². The summed E-state index contributed by atoms with van der Waals surface area (Å²) >= 11 is 0. The van der Waals surface area contributed by atoms with Gasteiger partial charge in [0.2, 0.25) is 0 Å².